The van der Waals surface area contributed by atoms with Crippen molar-refractivity contribution in [1.82, 2.24) is 15.5 Å². The summed E-state index contributed by atoms with van der Waals surface area (Å²) in [6.07, 6.45) is 0. The Hall–Kier alpha value is -1.19. The Labute approximate surface area is 131 Å². The first-order valence-corrected chi connectivity index (χ1v) is 8.54. The van der Waals surface area contributed by atoms with Crippen molar-refractivity contribution in [2.75, 3.05) is 30.8 Å². The summed E-state index contributed by atoms with van der Waals surface area (Å²) in [7, 11) is 0. The summed E-state index contributed by atoms with van der Waals surface area (Å²) in [5, 5.41) is 14.2. The number of esters is 1. The molecule has 1 aliphatic heterocycles. The first-order chi connectivity index (χ1) is 10.1. The summed E-state index contributed by atoms with van der Waals surface area (Å²) in [5.41, 5.74) is 0. The number of aromatic nitrogens is 2. The van der Waals surface area contributed by atoms with Gasteiger partial charge in [0, 0.05) is 5.92 Å². The van der Waals surface area contributed by atoms with Crippen LogP contribution in [0.15, 0.2) is 4.34 Å². The van der Waals surface area contributed by atoms with Crippen LogP contribution in [0.4, 0.5) is 5.13 Å². The number of hydrogen-bond acceptors (Lipinski definition) is 8. The average molecular weight is 330 g/mol. The molecule has 1 amide bonds. The molecule has 1 saturated heterocycles. The van der Waals surface area contributed by atoms with Crippen LogP contribution in [0, 0.1) is 11.8 Å². The minimum absolute atomic E-state index is 0.0420. The summed E-state index contributed by atoms with van der Waals surface area (Å²) in [6, 6.07) is 0. The highest BCUT2D eigenvalue weighted by atomic mass is 32.2. The number of hydrogen-bond donors (Lipinski definition) is 2. The average Bonchev–Trinajstić information content (AvgIpc) is 2.82. The third-order valence-corrected chi connectivity index (χ3v) is 5.13. The van der Waals surface area contributed by atoms with E-state index in [-0.39, 0.29) is 23.5 Å². The van der Waals surface area contributed by atoms with Gasteiger partial charge in [0.2, 0.25) is 11.0 Å². The number of anilines is 1. The first-order valence-electron chi connectivity index (χ1n) is 6.73. The van der Waals surface area contributed by atoms with Crippen LogP contribution in [-0.2, 0) is 14.3 Å². The number of rotatable bonds is 7. The second-order valence-corrected chi connectivity index (χ2v) is 6.86. The molecule has 0 aromatic carbocycles. The van der Waals surface area contributed by atoms with Crippen molar-refractivity contribution in [1.29, 1.82) is 0 Å². The maximum atomic E-state index is 12.0. The van der Waals surface area contributed by atoms with Crippen LogP contribution in [0.1, 0.15) is 13.8 Å². The second kappa shape index (κ2) is 7.71. The molecule has 1 aromatic heterocycles. The van der Waals surface area contributed by atoms with Crippen LogP contribution < -0.4 is 10.6 Å². The molecule has 1 atom stereocenters. The van der Waals surface area contributed by atoms with E-state index in [1.54, 1.807) is 6.92 Å². The summed E-state index contributed by atoms with van der Waals surface area (Å²) in [4.78, 5) is 23.3. The van der Waals surface area contributed by atoms with Gasteiger partial charge in [0.1, 0.15) is 0 Å². The van der Waals surface area contributed by atoms with E-state index >= 15 is 0 Å². The lowest BCUT2D eigenvalue weighted by atomic mass is 9.88. The Morgan fingerprint density at radius 1 is 1.52 bits per heavy atom. The van der Waals surface area contributed by atoms with E-state index in [4.69, 9.17) is 4.74 Å². The topological polar surface area (TPSA) is 93.2 Å². The minimum Gasteiger partial charge on any atom is -0.465 e. The van der Waals surface area contributed by atoms with Gasteiger partial charge in [0.05, 0.1) is 12.4 Å². The Bertz CT molecular complexity index is 504. The normalized spacial score (nSPS) is 16.1. The van der Waals surface area contributed by atoms with Crippen molar-refractivity contribution in [2.45, 2.75) is 18.2 Å². The fraction of sp³-hybridized carbons (Fsp3) is 0.667. The molecule has 1 aromatic rings. The molecule has 0 aliphatic carbocycles. The van der Waals surface area contributed by atoms with Crippen molar-refractivity contribution in [2.24, 2.45) is 11.8 Å². The van der Waals surface area contributed by atoms with E-state index in [0.717, 1.165) is 13.1 Å². The number of thioether (sulfide) groups is 1. The van der Waals surface area contributed by atoms with Crippen LogP contribution in [0.25, 0.3) is 0 Å². The third-order valence-electron chi connectivity index (χ3n) is 3.19. The number of carbonyl (C=O) groups is 2. The van der Waals surface area contributed by atoms with Crippen LogP contribution in [0.2, 0.25) is 0 Å². The predicted molar refractivity (Wildman–Crippen MR) is 81.4 cm³/mol. The van der Waals surface area contributed by atoms with Gasteiger partial charge in [-0.15, -0.1) is 10.2 Å². The van der Waals surface area contributed by atoms with E-state index in [1.807, 2.05) is 6.92 Å². The molecular weight excluding hydrogens is 312 g/mol. The van der Waals surface area contributed by atoms with Gasteiger partial charge < -0.3 is 15.4 Å². The summed E-state index contributed by atoms with van der Waals surface area (Å²) < 4.78 is 5.47. The lowest BCUT2D eigenvalue weighted by molar-refractivity contribution is -0.139. The number of amides is 1. The fourth-order valence-corrected chi connectivity index (χ4v) is 3.29. The summed E-state index contributed by atoms with van der Waals surface area (Å²) in [5.74, 6) is 0.205. The zero-order chi connectivity index (χ0) is 15.2. The monoisotopic (exact) mass is 330 g/mol. The largest absolute Gasteiger partial charge is 0.465 e. The molecule has 0 saturated carbocycles. The maximum absolute atomic E-state index is 12.0. The van der Waals surface area contributed by atoms with Crippen LogP contribution in [0.3, 0.4) is 0 Å². The fourth-order valence-electron chi connectivity index (χ4n) is 1.74. The predicted octanol–water partition coefficient (Wildman–Crippen LogP) is 0.987. The molecule has 0 radical (unpaired) electrons. The number of nitrogens with one attached hydrogen (secondary N) is 2. The second-order valence-electron chi connectivity index (χ2n) is 4.66. The molecule has 1 fully saturated rings. The van der Waals surface area contributed by atoms with Gasteiger partial charge in [-0.25, -0.2) is 0 Å². The highest BCUT2D eigenvalue weighted by molar-refractivity contribution is 8.01. The van der Waals surface area contributed by atoms with Crippen molar-refractivity contribution in [3.8, 4) is 0 Å². The zero-order valence-electron chi connectivity index (χ0n) is 11.9. The molecule has 2 heterocycles. The molecule has 21 heavy (non-hydrogen) atoms. The van der Waals surface area contributed by atoms with E-state index in [0.29, 0.717) is 22.0 Å². The van der Waals surface area contributed by atoms with E-state index < -0.39 is 0 Å². The van der Waals surface area contributed by atoms with Crippen LogP contribution >= 0.6 is 23.1 Å². The molecule has 1 unspecified atom stereocenters. The Morgan fingerprint density at radius 2 is 2.29 bits per heavy atom. The first kappa shape index (κ1) is 16.2. The van der Waals surface area contributed by atoms with Crippen molar-refractivity contribution in [3.63, 3.8) is 0 Å². The molecule has 2 rings (SSSR count). The molecular formula is C12H18N4O3S2. The van der Waals surface area contributed by atoms with Crippen molar-refractivity contribution in [3.05, 3.63) is 0 Å². The van der Waals surface area contributed by atoms with Gasteiger partial charge in [0.25, 0.3) is 0 Å². The number of nitrogens with zero attached hydrogens (tertiary/aromatic N) is 2. The van der Waals surface area contributed by atoms with Crippen LogP contribution in [-0.4, -0.2) is 47.5 Å². The van der Waals surface area contributed by atoms with Gasteiger partial charge in [-0.3, -0.25) is 9.59 Å². The van der Waals surface area contributed by atoms with Gasteiger partial charge in [-0.1, -0.05) is 30.0 Å². The van der Waals surface area contributed by atoms with Crippen molar-refractivity contribution < 1.29 is 14.3 Å². The zero-order valence-corrected chi connectivity index (χ0v) is 13.6. The molecule has 7 nitrogen and oxygen atoms in total. The highest BCUT2D eigenvalue weighted by Crippen LogP contribution is 2.26. The van der Waals surface area contributed by atoms with Crippen LogP contribution in [0.5, 0.6) is 0 Å². The van der Waals surface area contributed by atoms with Gasteiger partial charge in [-0.05, 0) is 25.9 Å². The minimum atomic E-state index is -0.283. The molecule has 0 bridgehead atoms. The Balaban J connectivity index is 1.79. The molecule has 116 valence electrons. The summed E-state index contributed by atoms with van der Waals surface area (Å²) in [6.45, 7) is 5.81. The molecule has 9 heteroatoms. The Kier molecular flexibility index (Phi) is 5.95. The van der Waals surface area contributed by atoms with E-state index in [2.05, 4.69) is 20.8 Å². The van der Waals surface area contributed by atoms with Gasteiger partial charge in [0.15, 0.2) is 4.34 Å². The smallest absolute Gasteiger partial charge is 0.316 e. The maximum Gasteiger partial charge on any atom is 0.316 e. The third kappa shape index (κ3) is 4.65. The number of carbonyl (C=O) groups excluding carboxylic acids is 2. The number of ether oxygens (including phenoxy) is 1. The molecule has 0 spiro atoms. The SMILES string of the molecule is CCOC(=O)CSc1nnc(NC(=O)C(C)C2CNC2)s1. The van der Waals surface area contributed by atoms with Crippen molar-refractivity contribution >= 4 is 40.1 Å². The van der Waals surface area contributed by atoms with E-state index in [9.17, 15) is 9.59 Å². The summed E-state index contributed by atoms with van der Waals surface area (Å²) >= 11 is 2.52. The molecule has 2 N–H and O–H groups in total. The molecule has 1 aliphatic rings. The quantitative estimate of drug-likeness (QED) is 0.437. The van der Waals surface area contributed by atoms with Gasteiger partial charge in [-0.2, -0.15) is 0 Å². The van der Waals surface area contributed by atoms with Gasteiger partial charge >= 0.3 is 5.97 Å². The lowest BCUT2D eigenvalue weighted by Gasteiger charge is -2.31. The van der Waals surface area contributed by atoms with E-state index in [1.165, 1.54) is 23.1 Å². The Morgan fingerprint density at radius 3 is 2.90 bits per heavy atom. The lowest BCUT2D eigenvalue weighted by Crippen LogP contribution is -2.48. The highest BCUT2D eigenvalue weighted by Gasteiger charge is 2.29. The standard InChI is InChI=1S/C12H18N4O3S2/c1-3-19-9(17)6-20-12-16-15-11(21-12)14-10(18)7(2)8-4-13-5-8/h7-8,13H,3-6H2,1-2H3,(H,14,15,18).